The van der Waals surface area contributed by atoms with E-state index in [1.165, 1.54) is 18.4 Å². The molecule has 1 amide bonds. The standard InChI is InChI=1S/C10H14N4O3S/c1-6(12-13-10(16)17-2)7-8(15)14-5-3-4-11-9(14)18-7/h12H,3-5H2,1-2H3,(H,13,16)/b7-6+. The van der Waals surface area contributed by atoms with E-state index < -0.39 is 6.09 Å². The summed E-state index contributed by atoms with van der Waals surface area (Å²) < 4.78 is 6.63. The summed E-state index contributed by atoms with van der Waals surface area (Å²) in [6, 6.07) is 0. The number of hydrogen-bond donors (Lipinski definition) is 2. The predicted molar refractivity (Wildman–Crippen MR) is 66.6 cm³/mol. The summed E-state index contributed by atoms with van der Waals surface area (Å²) in [6.45, 7) is 3.17. The van der Waals surface area contributed by atoms with Crippen molar-refractivity contribution in [3.8, 4) is 0 Å². The van der Waals surface area contributed by atoms with Gasteiger partial charge in [-0.25, -0.2) is 10.2 Å². The summed E-state index contributed by atoms with van der Waals surface area (Å²) in [5, 5.41) is 0. The second kappa shape index (κ2) is 5.21. The third-order valence-corrected chi connectivity index (χ3v) is 3.75. The molecule has 1 aliphatic rings. The van der Waals surface area contributed by atoms with Gasteiger partial charge in [0.25, 0.3) is 5.56 Å². The molecule has 0 unspecified atom stereocenters. The van der Waals surface area contributed by atoms with Gasteiger partial charge in [-0.3, -0.25) is 19.8 Å². The number of thiazole rings is 1. The molecule has 7 nitrogen and oxygen atoms in total. The van der Waals surface area contributed by atoms with Crippen molar-refractivity contribution in [2.75, 3.05) is 13.7 Å². The molecule has 2 heterocycles. The molecule has 8 heteroatoms. The number of aromatic nitrogens is 1. The molecule has 1 aliphatic heterocycles. The normalized spacial score (nSPS) is 15.2. The molecule has 0 atom stereocenters. The van der Waals surface area contributed by atoms with E-state index in [0.29, 0.717) is 16.8 Å². The molecule has 0 aromatic carbocycles. The van der Waals surface area contributed by atoms with Gasteiger partial charge in [0.1, 0.15) is 4.53 Å². The summed E-state index contributed by atoms with van der Waals surface area (Å²) in [5.41, 5.74) is 5.47. The Kier molecular flexibility index (Phi) is 3.66. The summed E-state index contributed by atoms with van der Waals surface area (Å²) in [4.78, 5) is 28.0. The highest BCUT2D eigenvalue weighted by molar-refractivity contribution is 7.07. The lowest BCUT2D eigenvalue weighted by Crippen LogP contribution is -2.40. The van der Waals surface area contributed by atoms with Crippen LogP contribution in [0.25, 0.3) is 5.70 Å². The van der Waals surface area contributed by atoms with Gasteiger partial charge in [-0.05, 0) is 13.3 Å². The minimum absolute atomic E-state index is 0.0740. The van der Waals surface area contributed by atoms with Gasteiger partial charge < -0.3 is 4.74 Å². The van der Waals surface area contributed by atoms with Crippen LogP contribution in [0.5, 0.6) is 0 Å². The molecular weight excluding hydrogens is 256 g/mol. The Balaban J connectivity index is 2.36. The average Bonchev–Trinajstić information content (AvgIpc) is 2.73. The lowest BCUT2D eigenvalue weighted by atomic mass is 10.4. The highest BCUT2D eigenvalue weighted by Crippen LogP contribution is 1.92. The van der Waals surface area contributed by atoms with Crippen molar-refractivity contribution in [1.82, 2.24) is 15.4 Å². The van der Waals surface area contributed by atoms with Crippen molar-refractivity contribution < 1.29 is 9.53 Å². The zero-order valence-electron chi connectivity index (χ0n) is 10.1. The van der Waals surface area contributed by atoms with Crippen molar-refractivity contribution in [1.29, 1.82) is 0 Å². The van der Waals surface area contributed by atoms with Crippen LogP contribution in [-0.4, -0.2) is 24.3 Å². The summed E-state index contributed by atoms with van der Waals surface area (Å²) >= 11 is 1.32. The number of amides is 1. The third kappa shape index (κ3) is 2.37. The SMILES string of the molecule is COC(=O)NN/C(C)=c1/sc2n(c1=O)CCCN=2. The van der Waals surface area contributed by atoms with E-state index in [0.717, 1.165) is 17.8 Å². The van der Waals surface area contributed by atoms with Crippen molar-refractivity contribution in [3.63, 3.8) is 0 Å². The smallest absolute Gasteiger partial charge is 0.425 e. The van der Waals surface area contributed by atoms with E-state index in [1.807, 2.05) is 0 Å². The maximum atomic E-state index is 12.1. The lowest BCUT2D eigenvalue weighted by Gasteiger charge is -2.05. The highest BCUT2D eigenvalue weighted by Gasteiger charge is 2.10. The second-order valence-electron chi connectivity index (χ2n) is 3.77. The fourth-order valence-electron chi connectivity index (χ4n) is 1.61. The number of nitrogens with one attached hydrogen (secondary N) is 2. The molecule has 1 aromatic heterocycles. The maximum Gasteiger partial charge on any atom is 0.425 e. The van der Waals surface area contributed by atoms with Crippen LogP contribution in [0, 0.1) is 0 Å². The molecule has 0 aliphatic carbocycles. The lowest BCUT2D eigenvalue weighted by molar-refractivity contribution is 0.168. The van der Waals surface area contributed by atoms with Crippen LogP contribution in [0.2, 0.25) is 0 Å². The van der Waals surface area contributed by atoms with Crippen molar-refractivity contribution in [2.45, 2.75) is 19.9 Å². The van der Waals surface area contributed by atoms with Crippen molar-refractivity contribution in [3.05, 3.63) is 19.7 Å². The van der Waals surface area contributed by atoms with E-state index in [-0.39, 0.29) is 5.56 Å². The molecule has 2 N–H and O–H groups in total. The fourth-order valence-corrected chi connectivity index (χ4v) is 2.63. The molecule has 0 radical (unpaired) electrons. The van der Waals surface area contributed by atoms with Crippen LogP contribution in [0.4, 0.5) is 4.79 Å². The number of fused-ring (bicyclic) bond motifs is 1. The fraction of sp³-hybridized carbons (Fsp3) is 0.500. The summed E-state index contributed by atoms with van der Waals surface area (Å²) in [7, 11) is 1.27. The highest BCUT2D eigenvalue weighted by atomic mass is 32.1. The van der Waals surface area contributed by atoms with Crippen LogP contribution < -0.4 is 25.7 Å². The largest absolute Gasteiger partial charge is 0.452 e. The number of rotatable bonds is 2. The number of methoxy groups -OCH3 is 1. The van der Waals surface area contributed by atoms with Crippen molar-refractivity contribution >= 4 is 23.1 Å². The van der Waals surface area contributed by atoms with E-state index >= 15 is 0 Å². The Bertz CT molecular complexity index is 631. The molecule has 0 spiro atoms. The Morgan fingerprint density at radius 1 is 1.50 bits per heavy atom. The van der Waals surface area contributed by atoms with Crippen LogP contribution in [0.1, 0.15) is 13.3 Å². The number of carbonyl (C=O) groups excluding carboxylic acids is 1. The number of hydrazine groups is 1. The maximum absolute atomic E-state index is 12.1. The van der Waals surface area contributed by atoms with Crippen LogP contribution in [0.15, 0.2) is 9.79 Å². The van der Waals surface area contributed by atoms with Gasteiger partial charge >= 0.3 is 6.09 Å². The first-order valence-corrected chi connectivity index (χ1v) is 6.30. The van der Waals surface area contributed by atoms with Gasteiger partial charge in [0, 0.05) is 13.1 Å². The Morgan fingerprint density at radius 2 is 2.28 bits per heavy atom. The first kappa shape index (κ1) is 12.6. The van der Waals surface area contributed by atoms with E-state index in [9.17, 15) is 9.59 Å². The van der Waals surface area contributed by atoms with Gasteiger partial charge in [-0.15, -0.1) is 0 Å². The van der Waals surface area contributed by atoms with E-state index in [4.69, 9.17) is 0 Å². The Hall–Kier alpha value is -1.83. The van der Waals surface area contributed by atoms with Gasteiger partial charge in [0.2, 0.25) is 0 Å². The van der Waals surface area contributed by atoms with Gasteiger partial charge in [0.15, 0.2) is 4.80 Å². The summed E-state index contributed by atoms with van der Waals surface area (Å²) in [6.07, 6.45) is 0.274. The third-order valence-electron chi connectivity index (χ3n) is 2.53. The minimum Gasteiger partial charge on any atom is -0.452 e. The number of ether oxygens (including phenoxy) is 1. The monoisotopic (exact) mass is 270 g/mol. The minimum atomic E-state index is -0.611. The number of nitrogens with zero attached hydrogens (tertiary/aromatic N) is 2. The molecule has 2 rings (SSSR count). The first-order valence-electron chi connectivity index (χ1n) is 5.48. The summed E-state index contributed by atoms with van der Waals surface area (Å²) in [5.74, 6) is 0. The zero-order chi connectivity index (χ0) is 13.1. The molecule has 0 saturated heterocycles. The molecule has 0 fully saturated rings. The van der Waals surface area contributed by atoms with Gasteiger partial charge in [-0.2, -0.15) is 0 Å². The Labute approximate surface area is 107 Å². The Morgan fingerprint density at radius 3 is 2.94 bits per heavy atom. The average molecular weight is 270 g/mol. The van der Waals surface area contributed by atoms with Crippen molar-refractivity contribution in [2.24, 2.45) is 4.99 Å². The number of carbonyl (C=O) groups is 1. The second-order valence-corrected chi connectivity index (χ2v) is 4.75. The predicted octanol–water partition coefficient (Wildman–Crippen LogP) is -1.08. The molecule has 1 aromatic rings. The van der Waals surface area contributed by atoms with Gasteiger partial charge in [0.05, 0.1) is 12.8 Å². The van der Waals surface area contributed by atoms with Crippen LogP contribution in [-0.2, 0) is 11.3 Å². The topological polar surface area (TPSA) is 84.7 Å². The van der Waals surface area contributed by atoms with E-state index in [2.05, 4.69) is 20.6 Å². The molecule has 98 valence electrons. The molecule has 0 saturated carbocycles. The quantitative estimate of drug-likeness (QED) is 0.670. The first-order chi connectivity index (χ1) is 8.63. The van der Waals surface area contributed by atoms with Crippen LogP contribution >= 0.6 is 11.3 Å². The van der Waals surface area contributed by atoms with Crippen LogP contribution in [0.3, 0.4) is 0 Å². The van der Waals surface area contributed by atoms with Gasteiger partial charge in [-0.1, -0.05) is 11.3 Å². The molecule has 0 bridgehead atoms. The number of hydrogen-bond acceptors (Lipinski definition) is 6. The molecular formula is C10H14N4O3S. The molecule has 18 heavy (non-hydrogen) atoms. The zero-order valence-corrected chi connectivity index (χ0v) is 11.0. The van der Waals surface area contributed by atoms with E-state index in [1.54, 1.807) is 11.5 Å².